The highest BCUT2D eigenvalue weighted by Gasteiger charge is 2.20. The van der Waals surface area contributed by atoms with Gasteiger partial charge in [0.1, 0.15) is 23.4 Å². The van der Waals surface area contributed by atoms with Crippen molar-refractivity contribution in [1.29, 1.82) is 0 Å². The van der Waals surface area contributed by atoms with Crippen LogP contribution in [0.15, 0.2) is 60.9 Å². The van der Waals surface area contributed by atoms with Gasteiger partial charge in [-0.3, -0.25) is 0 Å². The molecule has 0 aliphatic heterocycles. The first-order valence-corrected chi connectivity index (χ1v) is 11.8. The molecule has 8 nitrogen and oxygen atoms in total. The molecule has 0 spiro atoms. The highest BCUT2D eigenvalue weighted by atomic mass is 16.5. The fourth-order valence-corrected chi connectivity index (χ4v) is 4.23. The summed E-state index contributed by atoms with van der Waals surface area (Å²) < 4.78 is 5.22. The van der Waals surface area contributed by atoms with Gasteiger partial charge in [0.15, 0.2) is 0 Å². The molecule has 0 bridgehead atoms. The second-order valence-electron chi connectivity index (χ2n) is 8.90. The van der Waals surface area contributed by atoms with Crippen molar-refractivity contribution in [3.63, 3.8) is 0 Å². The van der Waals surface area contributed by atoms with Gasteiger partial charge in [0, 0.05) is 29.9 Å². The van der Waals surface area contributed by atoms with Crippen molar-refractivity contribution in [2.24, 2.45) is 0 Å². The zero-order chi connectivity index (χ0) is 25.7. The average molecular weight is 486 g/mol. The van der Waals surface area contributed by atoms with Crippen molar-refractivity contribution >= 4 is 17.5 Å². The minimum absolute atomic E-state index is 0.364. The summed E-state index contributed by atoms with van der Waals surface area (Å²) in [7, 11) is 1.62. The Labute approximate surface area is 210 Å². The number of nitrogens with one attached hydrogen (secondary N) is 3. The van der Waals surface area contributed by atoms with Crippen molar-refractivity contribution in [1.82, 2.24) is 15.0 Å². The Morgan fingerprint density at radius 3 is 2.44 bits per heavy atom. The molecule has 8 heteroatoms. The van der Waals surface area contributed by atoms with Gasteiger partial charge in [-0.2, -0.15) is 0 Å². The predicted molar refractivity (Wildman–Crippen MR) is 142 cm³/mol. The molecule has 0 fully saturated rings. The SMILES string of the molecule is COc1ccnc(NCc2cnc(-c3ccc(CC(Nc4c(C)cc(C)cc4C)C(=O)O)cc3)[nH]2)c1. The van der Waals surface area contributed by atoms with E-state index in [0.717, 1.165) is 50.8 Å². The van der Waals surface area contributed by atoms with Gasteiger partial charge in [0.05, 0.1) is 25.5 Å². The van der Waals surface area contributed by atoms with Crippen LogP contribution in [0, 0.1) is 20.8 Å². The number of carbonyl (C=O) groups is 1. The standard InChI is InChI=1S/C28H31N5O3/c1-17-11-18(2)26(19(3)12-17)33-24(28(34)35)13-20-5-7-21(8-6-20)27-31-16-22(32-27)15-30-25-14-23(36-4)9-10-29-25/h5-12,14,16,24,33H,13,15H2,1-4H3,(H,29,30)(H,31,32)(H,34,35). The van der Waals surface area contributed by atoms with E-state index in [4.69, 9.17) is 4.74 Å². The van der Waals surface area contributed by atoms with E-state index in [0.29, 0.717) is 18.8 Å². The van der Waals surface area contributed by atoms with Crippen LogP contribution in [0.2, 0.25) is 0 Å². The van der Waals surface area contributed by atoms with Crippen molar-refractivity contribution in [2.75, 3.05) is 17.7 Å². The molecular formula is C28H31N5O3. The second-order valence-corrected chi connectivity index (χ2v) is 8.90. The molecule has 0 aliphatic carbocycles. The van der Waals surface area contributed by atoms with E-state index in [1.807, 2.05) is 51.1 Å². The maximum absolute atomic E-state index is 12.0. The average Bonchev–Trinajstić information content (AvgIpc) is 3.33. The molecule has 0 radical (unpaired) electrons. The monoisotopic (exact) mass is 485 g/mol. The molecule has 0 saturated carbocycles. The number of pyridine rings is 1. The molecule has 0 amide bonds. The van der Waals surface area contributed by atoms with Crippen molar-refractivity contribution in [3.8, 4) is 17.1 Å². The van der Waals surface area contributed by atoms with Crippen LogP contribution in [0.1, 0.15) is 27.9 Å². The smallest absolute Gasteiger partial charge is 0.326 e. The van der Waals surface area contributed by atoms with Gasteiger partial charge in [0.25, 0.3) is 0 Å². The number of rotatable bonds is 10. The van der Waals surface area contributed by atoms with Gasteiger partial charge in [-0.05, 0) is 43.5 Å². The summed E-state index contributed by atoms with van der Waals surface area (Å²) in [5, 5.41) is 16.3. The van der Waals surface area contributed by atoms with E-state index in [-0.39, 0.29) is 0 Å². The molecule has 4 rings (SSSR count). The van der Waals surface area contributed by atoms with Crippen molar-refractivity contribution in [2.45, 2.75) is 39.8 Å². The van der Waals surface area contributed by atoms with Gasteiger partial charge >= 0.3 is 5.97 Å². The number of aryl methyl sites for hydroxylation is 3. The number of benzene rings is 2. The van der Waals surface area contributed by atoms with E-state index in [2.05, 4.69) is 37.7 Å². The Morgan fingerprint density at radius 1 is 1.06 bits per heavy atom. The summed E-state index contributed by atoms with van der Waals surface area (Å²) in [4.78, 5) is 24.1. The molecule has 2 aromatic heterocycles. The summed E-state index contributed by atoms with van der Waals surface area (Å²) in [6.45, 7) is 6.57. The summed E-state index contributed by atoms with van der Waals surface area (Å²) in [6.07, 6.45) is 3.84. The number of hydrogen-bond acceptors (Lipinski definition) is 6. The molecular weight excluding hydrogens is 454 g/mol. The van der Waals surface area contributed by atoms with Crippen LogP contribution in [0.25, 0.3) is 11.4 Å². The second kappa shape index (κ2) is 10.9. The van der Waals surface area contributed by atoms with E-state index >= 15 is 0 Å². The summed E-state index contributed by atoms with van der Waals surface area (Å²) in [5.74, 6) is 1.32. The molecule has 36 heavy (non-hydrogen) atoms. The number of nitrogens with zero attached hydrogens (tertiary/aromatic N) is 2. The third kappa shape index (κ3) is 6.02. The predicted octanol–water partition coefficient (Wildman–Crippen LogP) is 5.13. The van der Waals surface area contributed by atoms with Crippen LogP contribution in [-0.2, 0) is 17.8 Å². The lowest BCUT2D eigenvalue weighted by Crippen LogP contribution is -2.32. The number of H-pyrrole nitrogens is 1. The van der Waals surface area contributed by atoms with Gasteiger partial charge in [-0.1, -0.05) is 42.0 Å². The largest absolute Gasteiger partial charge is 0.497 e. The fraction of sp³-hybridized carbons (Fsp3) is 0.250. The summed E-state index contributed by atoms with van der Waals surface area (Å²) in [6, 6.07) is 14.8. The Balaban J connectivity index is 1.40. The Hall–Kier alpha value is -4.33. The van der Waals surface area contributed by atoms with E-state index in [1.54, 1.807) is 25.6 Å². The lowest BCUT2D eigenvalue weighted by atomic mass is 10.0. The van der Waals surface area contributed by atoms with Crippen LogP contribution < -0.4 is 15.4 Å². The number of anilines is 2. The number of methoxy groups -OCH3 is 1. The molecule has 4 aromatic rings. The maximum atomic E-state index is 12.0. The Bertz CT molecular complexity index is 1320. The molecule has 4 N–H and O–H groups in total. The van der Waals surface area contributed by atoms with Crippen molar-refractivity contribution < 1.29 is 14.6 Å². The van der Waals surface area contributed by atoms with E-state index < -0.39 is 12.0 Å². The van der Waals surface area contributed by atoms with Gasteiger partial charge in [-0.15, -0.1) is 0 Å². The van der Waals surface area contributed by atoms with Crippen LogP contribution in [0.4, 0.5) is 11.5 Å². The molecule has 1 unspecified atom stereocenters. The minimum Gasteiger partial charge on any atom is -0.497 e. The maximum Gasteiger partial charge on any atom is 0.326 e. The van der Waals surface area contributed by atoms with Gasteiger partial charge in [-0.25, -0.2) is 14.8 Å². The summed E-state index contributed by atoms with van der Waals surface area (Å²) >= 11 is 0. The zero-order valence-electron chi connectivity index (χ0n) is 20.9. The summed E-state index contributed by atoms with van der Waals surface area (Å²) in [5.41, 5.74) is 6.89. The molecule has 2 aromatic carbocycles. The number of aliphatic carboxylic acids is 1. The third-order valence-electron chi connectivity index (χ3n) is 6.02. The number of aromatic nitrogens is 3. The number of aromatic amines is 1. The van der Waals surface area contributed by atoms with Crippen LogP contribution in [-0.4, -0.2) is 39.2 Å². The van der Waals surface area contributed by atoms with Crippen LogP contribution in [0.3, 0.4) is 0 Å². The number of carboxylic acids is 1. The first-order chi connectivity index (χ1) is 17.3. The van der Waals surface area contributed by atoms with Crippen molar-refractivity contribution in [3.05, 3.63) is 88.9 Å². The number of hydrogen-bond donors (Lipinski definition) is 4. The molecule has 0 aliphatic rings. The third-order valence-corrected chi connectivity index (χ3v) is 6.02. The van der Waals surface area contributed by atoms with Crippen LogP contribution >= 0.6 is 0 Å². The zero-order valence-corrected chi connectivity index (χ0v) is 20.9. The first kappa shape index (κ1) is 24.8. The van der Waals surface area contributed by atoms with Gasteiger partial charge < -0.3 is 25.5 Å². The van der Waals surface area contributed by atoms with Crippen LogP contribution in [0.5, 0.6) is 5.75 Å². The fourth-order valence-electron chi connectivity index (χ4n) is 4.23. The lowest BCUT2D eigenvalue weighted by Gasteiger charge is -2.20. The number of ether oxygens (including phenoxy) is 1. The minimum atomic E-state index is -0.882. The quantitative estimate of drug-likeness (QED) is 0.246. The van der Waals surface area contributed by atoms with E-state index in [9.17, 15) is 9.90 Å². The Kier molecular flexibility index (Phi) is 7.53. The molecule has 2 heterocycles. The molecule has 0 saturated heterocycles. The lowest BCUT2D eigenvalue weighted by molar-refractivity contribution is -0.137. The van der Waals surface area contributed by atoms with Gasteiger partial charge in [0.2, 0.25) is 0 Å². The highest BCUT2D eigenvalue weighted by Crippen LogP contribution is 2.24. The topological polar surface area (TPSA) is 112 Å². The normalized spacial score (nSPS) is 11.7. The number of imidazole rings is 1. The first-order valence-electron chi connectivity index (χ1n) is 11.8. The molecule has 186 valence electrons. The number of carboxylic acid groups (broad SMARTS) is 1. The Morgan fingerprint density at radius 2 is 1.78 bits per heavy atom. The highest BCUT2D eigenvalue weighted by molar-refractivity contribution is 5.79. The molecule has 1 atom stereocenters. The van der Waals surface area contributed by atoms with E-state index in [1.165, 1.54) is 0 Å².